The SMILES string of the molecule is COC(=O)c1c(NC(=O)c2cc(Cl)ccc2OC)sc2c1CC[C@H](C(C)(C)C)C2. The second kappa shape index (κ2) is 8.36. The Morgan fingerprint density at radius 2 is 1.97 bits per heavy atom. The summed E-state index contributed by atoms with van der Waals surface area (Å²) in [5, 5.41) is 3.84. The number of esters is 1. The van der Waals surface area contributed by atoms with Crippen molar-refractivity contribution in [3.05, 3.63) is 44.8 Å². The maximum absolute atomic E-state index is 13.0. The van der Waals surface area contributed by atoms with E-state index in [0.717, 1.165) is 29.7 Å². The second-order valence-corrected chi connectivity index (χ2v) is 9.85. The van der Waals surface area contributed by atoms with Crippen molar-refractivity contribution < 1.29 is 19.1 Å². The van der Waals surface area contributed by atoms with Gasteiger partial charge in [0.2, 0.25) is 0 Å². The molecule has 1 aromatic heterocycles. The third kappa shape index (κ3) is 4.43. The number of thiophene rings is 1. The molecule has 3 rings (SSSR count). The highest BCUT2D eigenvalue weighted by Gasteiger charge is 2.34. The van der Waals surface area contributed by atoms with Crippen LogP contribution >= 0.6 is 22.9 Å². The normalized spacial score (nSPS) is 16.1. The highest BCUT2D eigenvalue weighted by Crippen LogP contribution is 2.44. The zero-order chi connectivity index (χ0) is 21.3. The van der Waals surface area contributed by atoms with Crippen LogP contribution in [0.5, 0.6) is 5.75 Å². The molecule has 1 aliphatic rings. The van der Waals surface area contributed by atoms with Gasteiger partial charge in [-0.3, -0.25) is 4.79 Å². The number of hydrogen-bond acceptors (Lipinski definition) is 5. The third-order valence-corrected chi connectivity index (χ3v) is 6.92. The van der Waals surface area contributed by atoms with Crippen LogP contribution in [0.4, 0.5) is 5.00 Å². The Hall–Kier alpha value is -2.05. The molecule has 29 heavy (non-hydrogen) atoms. The van der Waals surface area contributed by atoms with E-state index in [-0.39, 0.29) is 11.3 Å². The molecule has 0 bridgehead atoms. The van der Waals surface area contributed by atoms with E-state index in [2.05, 4.69) is 26.1 Å². The molecule has 0 saturated carbocycles. The summed E-state index contributed by atoms with van der Waals surface area (Å²) in [6.45, 7) is 6.72. The Labute approximate surface area is 180 Å². The summed E-state index contributed by atoms with van der Waals surface area (Å²) < 4.78 is 10.3. The molecule has 0 spiro atoms. The number of rotatable bonds is 4. The van der Waals surface area contributed by atoms with Gasteiger partial charge in [0, 0.05) is 9.90 Å². The number of anilines is 1. The molecule has 1 amide bonds. The standard InChI is InChI=1S/C22H26ClNO4S/c1-22(2,3)12-6-8-14-17(10-12)29-20(18(14)21(26)28-5)24-19(25)15-11-13(23)7-9-16(15)27-4/h7,9,11-12H,6,8,10H2,1-5H3,(H,24,25)/t12-/m0/s1. The van der Waals surface area contributed by atoms with Gasteiger partial charge in [-0.1, -0.05) is 32.4 Å². The number of carbonyl (C=O) groups is 2. The summed E-state index contributed by atoms with van der Waals surface area (Å²) in [4.78, 5) is 26.6. The predicted octanol–water partition coefficient (Wildman–Crippen LogP) is 5.60. The summed E-state index contributed by atoms with van der Waals surface area (Å²) in [6.07, 6.45) is 2.70. The van der Waals surface area contributed by atoms with Gasteiger partial charge in [0.25, 0.3) is 5.91 Å². The molecule has 2 aromatic rings. The van der Waals surface area contributed by atoms with E-state index in [9.17, 15) is 9.59 Å². The van der Waals surface area contributed by atoms with E-state index in [1.165, 1.54) is 25.6 Å². The van der Waals surface area contributed by atoms with Crippen LogP contribution < -0.4 is 10.1 Å². The molecular weight excluding hydrogens is 410 g/mol. The van der Waals surface area contributed by atoms with Crippen molar-refractivity contribution in [1.82, 2.24) is 0 Å². The first-order chi connectivity index (χ1) is 13.7. The zero-order valence-corrected chi connectivity index (χ0v) is 18.9. The van der Waals surface area contributed by atoms with Crippen molar-refractivity contribution in [2.24, 2.45) is 11.3 Å². The van der Waals surface area contributed by atoms with Crippen LogP contribution in [0.2, 0.25) is 5.02 Å². The fourth-order valence-corrected chi connectivity index (χ4v) is 5.24. The Morgan fingerprint density at radius 3 is 2.59 bits per heavy atom. The van der Waals surface area contributed by atoms with Gasteiger partial charge in [-0.05, 0) is 54.4 Å². The van der Waals surface area contributed by atoms with Crippen LogP contribution in [0.1, 0.15) is 58.3 Å². The Morgan fingerprint density at radius 1 is 1.24 bits per heavy atom. The Kier molecular flexibility index (Phi) is 6.24. The van der Waals surface area contributed by atoms with Crippen LogP contribution in [0.15, 0.2) is 18.2 Å². The van der Waals surface area contributed by atoms with Gasteiger partial charge in [0.1, 0.15) is 10.8 Å². The zero-order valence-electron chi connectivity index (χ0n) is 17.3. The predicted molar refractivity (Wildman–Crippen MR) is 117 cm³/mol. The first-order valence-electron chi connectivity index (χ1n) is 9.53. The van der Waals surface area contributed by atoms with Crippen LogP contribution in [-0.4, -0.2) is 26.1 Å². The lowest BCUT2D eigenvalue weighted by molar-refractivity contribution is 0.0600. The van der Waals surface area contributed by atoms with E-state index < -0.39 is 5.97 Å². The van der Waals surface area contributed by atoms with Crippen LogP contribution in [0, 0.1) is 11.3 Å². The molecule has 0 radical (unpaired) electrons. The molecule has 0 saturated heterocycles. The minimum Gasteiger partial charge on any atom is -0.496 e. The molecule has 1 aliphatic carbocycles. The number of amides is 1. The van der Waals surface area contributed by atoms with Crippen LogP contribution in [0.25, 0.3) is 0 Å². The minimum atomic E-state index is -0.426. The largest absolute Gasteiger partial charge is 0.496 e. The fourth-order valence-electron chi connectivity index (χ4n) is 3.76. The van der Waals surface area contributed by atoms with E-state index >= 15 is 0 Å². The summed E-state index contributed by atoms with van der Waals surface area (Å²) in [6, 6.07) is 4.86. The van der Waals surface area contributed by atoms with Crippen molar-refractivity contribution in [2.45, 2.75) is 40.0 Å². The highest BCUT2D eigenvalue weighted by molar-refractivity contribution is 7.17. The van der Waals surface area contributed by atoms with Gasteiger partial charge >= 0.3 is 5.97 Å². The monoisotopic (exact) mass is 435 g/mol. The average Bonchev–Trinajstić information content (AvgIpc) is 3.03. The molecule has 1 heterocycles. The quantitative estimate of drug-likeness (QED) is 0.635. The third-order valence-electron chi connectivity index (χ3n) is 5.51. The average molecular weight is 436 g/mol. The summed E-state index contributed by atoms with van der Waals surface area (Å²) in [5.41, 5.74) is 1.96. The summed E-state index contributed by atoms with van der Waals surface area (Å²) in [5.74, 6) is 0.141. The molecule has 1 aromatic carbocycles. The van der Waals surface area contributed by atoms with Crippen molar-refractivity contribution in [3.8, 4) is 5.75 Å². The molecule has 156 valence electrons. The lowest BCUT2D eigenvalue weighted by atomic mass is 9.72. The van der Waals surface area contributed by atoms with Gasteiger partial charge in [-0.15, -0.1) is 11.3 Å². The highest BCUT2D eigenvalue weighted by atomic mass is 35.5. The van der Waals surface area contributed by atoms with Gasteiger partial charge < -0.3 is 14.8 Å². The smallest absolute Gasteiger partial charge is 0.341 e. The molecular formula is C22H26ClNO4S. The molecule has 1 atom stereocenters. The molecule has 5 nitrogen and oxygen atoms in total. The van der Waals surface area contributed by atoms with Crippen LogP contribution in [-0.2, 0) is 17.6 Å². The molecule has 0 fully saturated rings. The maximum Gasteiger partial charge on any atom is 0.341 e. The number of ether oxygens (including phenoxy) is 2. The number of fused-ring (bicyclic) bond motifs is 1. The lowest BCUT2D eigenvalue weighted by Gasteiger charge is -2.33. The van der Waals surface area contributed by atoms with E-state index in [4.69, 9.17) is 21.1 Å². The van der Waals surface area contributed by atoms with Crippen molar-refractivity contribution >= 4 is 39.8 Å². The van der Waals surface area contributed by atoms with Gasteiger partial charge in [-0.25, -0.2) is 4.79 Å². The first-order valence-corrected chi connectivity index (χ1v) is 10.7. The number of methoxy groups -OCH3 is 2. The Bertz CT molecular complexity index is 945. The van der Waals surface area contributed by atoms with Crippen LogP contribution in [0.3, 0.4) is 0 Å². The van der Waals surface area contributed by atoms with Gasteiger partial charge in [-0.2, -0.15) is 0 Å². The summed E-state index contributed by atoms with van der Waals surface area (Å²) >= 11 is 7.52. The Balaban J connectivity index is 1.98. The van der Waals surface area contributed by atoms with Crippen molar-refractivity contribution in [2.75, 3.05) is 19.5 Å². The lowest BCUT2D eigenvalue weighted by Crippen LogP contribution is -2.26. The first kappa shape index (κ1) is 21.7. The number of nitrogens with one attached hydrogen (secondary N) is 1. The minimum absolute atomic E-state index is 0.185. The van der Waals surface area contributed by atoms with E-state index in [0.29, 0.717) is 32.8 Å². The number of carbonyl (C=O) groups excluding carboxylic acids is 2. The van der Waals surface area contributed by atoms with Gasteiger partial charge in [0.05, 0.1) is 25.3 Å². The fraction of sp³-hybridized carbons (Fsp3) is 0.455. The molecule has 7 heteroatoms. The number of hydrogen-bond donors (Lipinski definition) is 1. The number of halogens is 1. The maximum atomic E-state index is 13.0. The molecule has 0 unspecified atom stereocenters. The topological polar surface area (TPSA) is 64.6 Å². The van der Waals surface area contributed by atoms with Crippen molar-refractivity contribution in [3.63, 3.8) is 0 Å². The second-order valence-electron chi connectivity index (χ2n) is 8.30. The molecule has 1 N–H and O–H groups in total. The molecule has 0 aliphatic heterocycles. The number of benzene rings is 1. The van der Waals surface area contributed by atoms with Crippen molar-refractivity contribution in [1.29, 1.82) is 0 Å². The summed E-state index contributed by atoms with van der Waals surface area (Å²) in [7, 11) is 2.86. The van der Waals surface area contributed by atoms with Gasteiger partial charge in [0.15, 0.2) is 0 Å². The van der Waals surface area contributed by atoms with E-state index in [1.54, 1.807) is 18.2 Å². The van der Waals surface area contributed by atoms with E-state index in [1.807, 2.05) is 0 Å².